The van der Waals surface area contributed by atoms with Crippen molar-refractivity contribution in [3.63, 3.8) is 0 Å². The van der Waals surface area contributed by atoms with E-state index in [1.165, 1.54) is 5.56 Å². The third-order valence-corrected chi connectivity index (χ3v) is 7.25. The van der Waals surface area contributed by atoms with Crippen LogP contribution in [0, 0.1) is 0 Å². The summed E-state index contributed by atoms with van der Waals surface area (Å²) < 4.78 is 12.9. The Morgan fingerprint density at radius 3 is 2.38 bits per heavy atom. The van der Waals surface area contributed by atoms with Gasteiger partial charge in [0.15, 0.2) is 11.5 Å². The van der Waals surface area contributed by atoms with Crippen LogP contribution >= 0.6 is 39.7 Å². The van der Waals surface area contributed by atoms with E-state index in [0.29, 0.717) is 29.7 Å². The molecule has 1 aliphatic rings. The van der Waals surface area contributed by atoms with Crippen molar-refractivity contribution in [2.24, 2.45) is 0 Å². The molecule has 0 amide bonds. The molecule has 0 aliphatic carbocycles. The standard InChI is InChI=1S/C27H28BrClN2O2S/c1-2-32-25-17-22(16-23(28)26(25)33-19-21-10-6-7-11-24(21)29)27(34)31-14-12-30(13-15-31)18-20-8-4-3-5-9-20/h3-11,16-17H,2,12-15,18-19H2,1H3. The lowest BCUT2D eigenvalue weighted by Crippen LogP contribution is -2.48. The summed E-state index contributed by atoms with van der Waals surface area (Å²) in [5.74, 6) is 1.32. The van der Waals surface area contributed by atoms with Crippen molar-refractivity contribution >= 4 is 44.7 Å². The number of rotatable bonds is 8. The molecule has 0 N–H and O–H groups in total. The van der Waals surface area contributed by atoms with Gasteiger partial charge in [0.1, 0.15) is 11.6 Å². The minimum atomic E-state index is 0.353. The lowest BCUT2D eigenvalue weighted by molar-refractivity contribution is 0.177. The van der Waals surface area contributed by atoms with Gasteiger partial charge in [-0.05, 0) is 46.6 Å². The fraction of sp³-hybridized carbons (Fsp3) is 0.296. The molecule has 0 atom stereocenters. The Bertz CT molecular complexity index is 1120. The summed E-state index contributed by atoms with van der Waals surface area (Å²) in [4.78, 5) is 5.58. The summed E-state index contributed by atoms with van der Waals surface area (Å²) in [5, 5.41) is 0.681. The van der Waals surface area contributed by atoms with Crippen molar-refractivity contribution in [3.05, 3.63) is 92.9 Å². The molecule has 1 heterocycles. The molecule has 178 valence electrons. The number of thiocarbonyl (C=S) groups is 1. The van der Waals surface area contributed by atoms with Crippen molar-refractivity contribution in [1.82, 2.24) is 9.80 Å². The van der Waals surface area contributed by atoms with Crippen LogP contribution in [-0.4, -0.2) is 47.6 Å². The van der Waals surface area contributed by atoms with Gasteiger partial charge in [-0.1, -0.05) is 72.3 Å². The maximum Gasteiger partial charge on any atom is 0.175 e. The molecule has 3 aromatic rings. The zero-order valence-corrected chi connectivity index (χ0v) is 22.3. The first-order chi connectivity index (χ1) is 16.5. The summed E-state index contributed by atoms with van der Waals surface area (Å²) in [6.45, 7) is 7.58. The molecule has 4 nitrogen and oxygen atoms in total. The van der Waals surface area contributed by atoms with Crippen molar-refractivity contribution in [2.75, 3.05) is 32.8 Å². The summed E-state index contributed by atoms with van der Waals surface area (Å²) >= 11 is 15.9. The highest BCUT2D eigenvalue weighted by atomic mass is 79.9. The predicted octanol–water partition coefficient (Wildman–Crippen LogP) is 6.57. The molecule has 1 saturated heterocycles. The zero-order chi connectivity index (χ0) is 23.9. The quantitative estimate of drug-likeness (QED) is 0.291. The van der Waals surface area contributed by atoms with Gasteiger partial charge in [-0.2, -0.15) is 0 Å². The topological polar surface area (TPSA) is 24.9 Å². The number of halogens is 2. The van der Waals surface area contributed by atoms with Crippen molar-refractivity contribution in [1.29, 1.82) is 0 Å². The van der Waals surface area contributed by atoms with E-state index in [4.69, 9.17) is 33.3 Å². The summed E-state index contributed by atoms with van der Waals surface area (Å²) in [6, 6.07) is 22.3. The smallest absolute Gasteiger partial charge is 0.175 e. The fourth-order valence-corrected chi connectivity index (χ4v) is 5.04. The molecular formula is C27H28BrClN2O2S. The second-order valence-electron chi connectivity index (χ2n) is 8.15. The Balaban J connectivity index is 1.43. The third kappa shape index (κ3) is 6.30. The predicted molar refractivity (Wildman–Crippen MR) is 146 cm³/mol. The normalized spacial score (nSPS) is 14.1. The van der Waals surface area contributed by atoms with Crippen molar-refractivity contribution in [2.45, 2.75) is 20.1 Å². The van der Waals surface area contributed by atoms with E-state index in [-0.39, 0.29) is 0 Å². The van der Waals surface area contributed by atoms with Crippen LogP contribution in [-0.2, 0) is 13.2 Å². The van der Waals surface area contributed by atoms with Gasteiger partial charge < -0.3 is 14.4 Å². The molecular weight excluding hydrogens is 532 g/mol. The molecule has 1 fully saturated rings. The molecule has 4 rings (SSSR count). The molecule has 0 aromatic heterocycles. The van der Waals surface area contributed by atoms with Gasteiger partial charge >= 0.3 is 0 Å². The van der Waals surface area contributed by atoms with Gasteiger partial charge in [-0.15, -0.1) is 0 Å². The van der Waals surface area contributed by atoms with E-state index in [2.05, 4.69) is 56.1 Å². The van der Waals surface area contributed by atoms with Crippen LogP contribution in [0.1, 0.15) is 23.6 Å². The maximum atomic E-state index is 6.29. The molecule has 1 aliphatic heterocycles. The summed E-state index contributed by atoms with van der Waals surface area (Å²) in [7, 11) is 0. The first kappa shape index (κ1) is 25.0. The monoisotopic (exact) mass is 558 g/mol. The molecule has 34 heavy (non-hydrogen) atoms. The minimum absolute atomic E-state index is 0.353. The molecule has 0 saturated carbocycles. The second-order valence-corrected chi connectivity index (χ2v) is 9.80. The Labute approximate surface area is 220 Å². The average molecular weight is 560 g/mol. The first-order valence-electron chi connectivity index (χ1n) is 11.4. The summed E-state index contributed by atoms with van der Waals surface area (Å²) in [5.41, 5.74) is 3.22. The van der Waals surface area contributed by atoms with E-state index in [1.807, 2.05) is 43.3 Å². The largest absolute Gasteiger partial charge is 0.490 e. The molecule has 7 heteroatoms. The van der Waals surface area contributed by atoms with Gasteiger partial charge in [-0.25, -0.2) is 0 Å². The van der Waals surface area contributed by atoms with Gasteiger partial charge in [0.25, 0.3) is 0 Å². The number of ether oxygens (including phenoxy) is 2. The van der Waals surface area contributed by atoms with Crippen LogP contribution in [0.4, 0.5) is 0 Å². The number of hydrogen-bond acceptors (Lipinski definition) is 4. The molecule has 0 spiro atoms. The Kier molecular flexibility index (Phi) is 8.84. The summed E-state index contributed by atoms with van der Waals surface area (Å²) in [6.07, 6.45) is 0. The number of benzene rings is 3. The van der Waals surface area contributed by atoms with Gasteiger partial charge in [0.05, 0.1) is 11.1 Å². The third-order valence-electron chi connectivity index (χ3n) is 5.79. The first-order valence-corrected chi connectivity index (χ1v) is 13.0. The molecule has 3 aromatic carbocycles. The van der Waals surface area contributed by atoms with Crippen LogP contribution < -0.4 is 9.47 Å². The highest BCUT2D eigenvalue weighted by Gasteiger charge is 2.22. The molecule has 0 bridgehead atoms. The van der Waals surface area contributed by atoms with Crippen LogP contribution in [0.5, 0.6) is 11.5 Å². The van der Waals surface area contributed by atoms with E-state index in [0.717, 1.165) is 53.3 Å². The van der Waals surface area contributed by atoms with E-state index in [1.54, 1.807) is 0 Å². The van der Waals surface area contributed by atoms with E-state index >= 15 is 0 Å². The van der Waals surface area contributed by atoms with Crippen LogP contribution in [0.3, 0.4) is 0 Å². The van der Waals surface area contributed by atoms with Crippen LogP contribution in [0.2, 0.25) is 5.02 Å². The number of piperazine rings is 1. The van der Waals surface area contributed by atoms with Gasteiger partial charge in [0, 0.05) is 48.9 Å². The van der Waals surface area contributed by atoms with E-state index < -0.39 is 0 Å². The van der Waals surface area contributed by atoms with Crippen molar-refractivity contribution in [3.8, 4) is 11.5 Å². The Morgan fingerprint density at radius 1 is 0.971 bits per heavy atom. The maximum absolute atomic E-state index is 6.29. The Morgan fingerprint density at radius 2 is 1.68 bits per heavy atom. The fourth-order valence-electron chi connectivity index (χ4n) is 3.99. The minimum Gasteiger partial charge on any atom is -0.490 e. The van der Waals surface area contributed by atoms with Crippen LogP contribution in [0.25, 0.3) is 0 Å². The van der Waals surface area contributed by atoms with E-state index in [9.17, 15) is 0 Å². The molecule has 0 unspecified atom stereocenters. The SMILES string of the molecule is CCOc1cc(C(=S)N2CCN(Cc3ccccc3)CC2)cc(Br)c1OCc1ccccc1Cl. The lowest BCUT2D eigenvalue weighted by atomic mass is 10.1. The second kappa shape index (κ2) is 12.0. The molecule has 0 radical (unpaired) electrons. The zero-order valence-electron chi connectivity index (χ0n) is 19.2. The average Bonchev–Trinajstić information content (AvgIpc) is 2.85. The lowest BCUT2D eigenvalue weighted by Gasteiger charge is -2.36. The highest BCUT2D eigenvalue weighted by Crippen LogP contribution is 2.38. The van der Waals surface area contributed by atoms with Crippen LogP contribution in [0.15, 0.2) is 71.2 Å². The Hall–Kier alpha value is -2.12. The van der Waals surface area contributed by atoms with Gasteiger partial charge in [0.2, 0.25) is 0 Å². The number of hydrogen-bond donors (Lipinski definition) is 0. The number of nitrogens with zero attached hydrogens (tertiary/aromatic N) is 2. The van der Waals surface area contributed by atoms with Gasteiger partial charge in [-0.3, -0.25) is 4.90 Å². The van der Waals surface area contributed by atoms with Crippen molar-refractivity contribution < 1.29 is 9.47 Å². The highest BCUT2D eigenvalue weighted by molar-refractivity contribution is 9.10.